The van der Waals surface area contributed by atoms with Crippen molar-refractivity contribution in [2.45, 2.75) is 6.92 Å². The van der Waals surface area contributed by atoms with Crippen molar-refractivity contribution >= 4 is 5.78 Å². The maximum absolute atomic E-state index is 12.9. The molecule has 82 valence electrons. The number of carbonyl (C=O) groups is 1. The average Bonchev–Trinajstić information content (AvgIpc) is 2.22. The Morgan fingerprint density at radius 2 is 2.27 bits per heavy atom. The molecule has 1 aromatic rings. The second-order valence-electron chi connectivity index (χ2n) is 3.23. The van der Waals surface area contributed by atoms with Gasteiger partial charge >= 0.3 is 0 Å². The van der Waals surface area contributed by atoms with Crippen LogP contribution < -0.4 is 5.73 Å². The highest BCUT2D eigenvalue weighted by Crippen LogP contribution is 2.09. The summed E-state index contributed by atoms with van der Waals surface area (Å²) in [6, 6.07) is 4.26. The van der Waals surface area contributed by atoms with Gasteiger partial charge in [0.05, 0.1) is 6.61 Å². The van der Waals surface area contributed by atoms with Gasteiger partial charge in [-0.25, -0.2) is 4.39 Å². The van der Waals surface area contributed by atoms with Gasteiger partial charge in [0.1, 0.15) is 12.4 Å². The Balaban J connectivity index is 2.62. The number of hydrogen-bond donors (Lipinski definition) is 1. The standard InChI is InChI=1S/C11H14FNO2/c1-8-6-9(2-3-10(8)12)11(14)7-15-5-4-13/h2-3,6H,4-5,7,13H2,1H3. The largest absolute Gasteiger partial charge is 0.372 e. The zero-order valence-corrected chi connectivity index (χ0v) is 8.63. The van der Waals surface area contributed by atoms with Crippen LogP contribution in [0.5, 0.6) is 0 Å². The molecule has 0 aliphatic carbocycles. The quantitative estimate of drug-likeness (QED) is 0.590. The number of Topliss-reactive ketones (excluding diaryl/α,β-unsaturated/α-hetero) is 1. The van der Waals surface area contributed by atoms with Crippen LogP contribution >= 0.6 is 0 Å². The topological polar surface area (TPSA) is 52.3 Å². The second-order valence-corrected chi connectivity index (χ2v) is 3.23. The van der Waals surface area contributed by atoms with E-state index in [1.165, 1.54) is 18.2 Å². The Morgan fingerprint density at radius 3 is 2.87 bits per heavy atom. The van der Waals surface area contributed by atoms with Crippen molar-refractivity contribution < 1.29 is 13.9 Å². The summed E-state index contributed by atoms with van der Waals surface area (Å²) in [5.74, 6) is -0.471. The normalized spacial score (nSPS) is 10.3. The van der Waals surface area contributed by atoms with Crippen molar-refractivity contribution in [1.82, 2.24) is 0 Å². The van der Waals surface area contributed by atoms with Crippen molar-refractivity contribution in [3.8, 4) is 0 Å². The predicted octanol–water partition coefficient (Wildman–Crippen LogP) is 1.29. The molecule has 0 amide bonds. The minimum Gasteiger partial charge on any atom is -0.372 e. The molecule has 3 nitrogen and oxygen atoms in total. The van der Waals surface area contributed by atoms with E-state index in [9.17, 15) is 9.18 Å². The van der Waals surface area contributed by atoms with Gasteiger partial charge in [-0.1, -0.05) is 0 Å². The summed E-state index contributed by atoms with van der Waals surface area (Å²) in [4.78, 5) is 11.5. The molecule has 0 aliphatic heterocycles. The molecule has 0 fully saturated rings. The number of aryl methyl sites for hydroxylation is 1. The molecule has 0 saturated heterocycles. The highest BCUT2D eigenvalue weighted by Gasteiger charge is 2.07. The van der Waals surface area contributed by atoms with Gasteiger partial charge in [0.2, 0.25) is 0 Å². The maximum Gasteiger partial charge on any atom is 0.188 e. The molecule has 0 unspecified atom stereocenters. The Hall–Kier alpha value is -1.26. The maximum atomic E-state index is 12.9. The number of carbonyl (C=O) groups excluding carboxylic acids is 1. The zero-order valence-electron chi connectivity index (χ0n) is 8.63. The van der Waals surface area contributed by atoms with Crippen molar-refractivity contribution in [3.63, 3.8) is 0 Å². The van der Waals surface area contributed by atoms with Crippen molar-refractivity contribution in [2.75, 3.05) is 19.8 Å². The Labute approximate surface area is 88.0 Å². The molecule has 1 rings (SSSR count). The van der Waals surface area contributed by atoms with Gasteiger partial charge in [-0.05, 0) is 30.7 Å². The van der Waals surface area contributed by atoms with E-state index in [1.54, 1.807) is 6.92 Å². The lowest BCUT2D eigenvalue weighted by Gasteiger charge is -2.03. The highest BCUT2D eigenvalue weighted by atomic mass is 19.1. The number of hydrogen-bond acceptors (Lipinski definition) is 3. The van der Waals surface area contributed by atoms with E-state index in [-0.39, 0.29) is 18.2 Å². The summed E-state index contributed by atoms with van der Waals surface area (Å²) in [5, 5.41) is 0. The molecule has 0 radical (unpaired) electrons. The summed E-state index contributed by atoms with van der Waals surface area (Å²) in [5.41, 5.74) is 6.13. The van der Waals surface area contributed by atoms with Gasteiger partial charge in [-0.3, -0.25) is 4.79 Å². The van der Waals surface area contributed by atoms with Crippen molar-refractivity contribution in [3.05, 3.63) is 35.1 Å². The number of ketones is 1. The lowest BCUT2D eigenvalue weighted by Crippen LogP contribution is -2.14. The van der Waals surface area contributed by atoms with Crippen LogP contribution in [0.1, 0.15) is 15.9 Å². The first-order valence-electron chi connectivity index (χ1n) is 4.72. The van der Waals surface area contributed by atoms with Crippen LogP contribution in [-0.2, 0) is 4.74 Å². The van der Waals surface area contributed by atoms with Gasteiger partial charge in [0.15, 0.2) is 5.78 Å². The lowest BCUT2D eigenvalue weighted by molar-refractivity contribution is 0.0774. The Morgan fingerprint density at radius 1 is 1.53 bits per heavy atom. The molecule has 0 bridgehead atoms. The molecule has 0 saturated carbocycles. The molecule has 15 heavy (non-hydrogen) atoms. The summed E-state index contributed by atoms with van der Waals surface area (Å²) >= 11 is 0. The van der Waals surface area contributed by atoms with E-state index in [2.05, 4.69) is 0 Å². The first-order chi connectivity index (χ1) is 7.15. The zero-order chi connectivity index (χ0) is 11.3. The summed E-state index contributed by atoms with van der Waals surface area (Å²) in [6.07, 6.45) is 0. The van der Waals surface area contributed by atoms with Gasteiger partial charge < -0.3 is 10.5 Å². The first-order valence-corrected chi connectivity index (χ1v) is 4.72. The minimum absolute atomic E-state index is 0.0116. The van der Waals surface area contributed by atoms with Crippen LogP contribution in [0.15, 0.2) is 18.2 Å². The molecule has 2 N–H and O–H groups in total. The van der Waals surface area contributed by atoms with E-state index in [0.717, 1.165) is 0 Å². The molecular weight excluding hydrogens is 197 g/mol. The fourth-order valence-corrected chi connectivity index (χ4v) is 1.15. The van der Waals surface area contributed by atoms with Crippen LogP contribution in [0.3, 0.4) is 0 Å². The van der Waals surface area contributed by atoms with E-state index < -0.39 is 0 Å². The molecule has 4 heteroatoms. The lowest BCUT2D eigenvalue weighted by atomic mass is 10.1. The molecule has 0 aliphatic rings. The predicted molar refractivity (Wildman–Crippen MR) is 55.3 cm³/mol. The molecule has 0 spiro atoms. The van der Waals surface area contributed by atoms with E-state index >= 15 is 0 Å². The Bertz CT molecular complexity index is 352. The summed E-state index contributed by atoms with van der Waals surface area (Å²) < 4.78 is 17.9. The third-order valence-electron chi connectivity index (χ3n) is 1.98. The Kier molecular flexibility index (Phi) is 4.39. The van der Waals surface area contributed by atoms with Crippen LogP contribution in [0.25, 0.3) is 0 Å². The van der Waals surface area contributed by atoms with E-state index in [4.69, 9.17) is 10.5 Å². The third-order valence-corrected chi connectivity index (χ3v) is 1.98. The number of ether oxygens (including phenoxy) is 1. The van der Waals surface area contributed by atoms with Gasteiger partial charge in [0, 0.05) is 12.1 Å². The molecule has 0 atom stereocenters. The van der Waals surface area contributed by atoms with Gasteiger partial charge in [-0.15, -0.1) is 0 Å². The average molecular weight is 211 g/mol. The fourth-order valence-electron chi connectivity index (χ4n) is 1.15. The number of halogens is 1. The molecular formula is C11H14FNO2. The summed E-state index contributed by atoms with van der Waals surface area (Å²) in [7, 11) is 0. The highest BCUT2D eigenvalue weighted by molar-refractivity contribution is 5.97. The fraction of sp³-hybridized carbons (Fsp3) is 0.364. The van der Waals surface area contributed by atoms with Gasteiger partial charge in [0.25, 0.3) is 0 Å². The van der Waals surface area contributed by atoms with Gasteiger partial charge in [-0.2, -0.15) is 0 Å². The summed E-state index contributed by atoms with van der Waals surface area (Å²) in [6.45, 7) is 2.34. The third kappa shape index (κ3) is 3.42. The monoisotopic (exact) mass is 211 g/mol. The van der Waals surface area contributed by atoms with Crippen LogP contribution in [-0.4, -0.2) is 25.5 Å². The van der Waals surface area contributed by atoms with Crippen LogP contribution in [0.2, 0.25) is 0 Å². The SMILES string of the molecule is Cc1cc(C(=O)COCCN)ccc1F. The molecule has 0 aromatic heterocycles. The van der Waals surface area contributed by atoms with Crippen LogP contribution in [0, 0.1) is 12.7 Å². The smallest absolute Gasteiger partial charge is 0.188 e. The van der Waals surface area contributed by atoms with E-state index in [1.807, 2.05) is 0 Å². The van der Waals surface area contributed by atoms with Crippen molar-refractivity contribution in [1.29, 1.82) is 0 Å². The minimum atomic E-state index is -0.311. The number of rotatable bonds is 5. The first kappa shape index (κ1) is 11.8. The van der Waals surface area contributed by atoms with Crippen molar-refractivity contribution in [2.24, 2.45) is 5.73 Å². The molecule has 0 heterocycles. The molecule has 1 aromatic carbocycles. The second kappa shape index (κ2) is 5.58. The number of benzene rings is 1. The van der Waals surface area contributed by atoms with Crippen LogP contribution in [0.4, 0.5) is 4.39 Å². The number of nitrogens with two attached hydrogens (primary N) is 1. The van der Waals surface area contributed by atoms with E-state index in [0.29, 0.717) is 24.3 Å².